The number of H-pyrrole nitrogens is 3. The molecule has 0 unspecified atom stereocenters. The van der Waals surface area contributed by atoms with Crippen LogP contribution in [0.3, 0.4) is 0 Å². The Kier molecular flexibility index (Phi) is 13.2. The Balaban J connectivity index is 0.000000240. The number of nitrogens with zero attached hydrogens (tertiary/aromatic N) is 1. The molecule has 3 N–H and O–H groups in total. The zero-order valence-corrected chi connectivity index (χ0v) is 25.0. The van der Waals surface area contributed by atoms with Crippen molar-refractivity contribution in [1.82, 2.24) is 19.5 Å². The first-order valence-electron chi connectivity index (χ1n) is 13.4. The Labute approximate surface area is 221 Å². The highest BCUT2D eigenvalue weighted by Gasteiger charge is 2.02. The van der Waals surface area contributed by atoms with Crippen molar-refractivity contribution in [2.24, 2.45) is 7.05 Å². The van der Waals surface area contributed by atoms with Crippen LogP contribution in [0, 0.1) is 20.8 Å². The predicted octanol–water partition coefficient (Wildman–Crippen LogP) is 9.49. The number of nitrogens with one attached hydrogen (secondary N) is 3. The Morgan fingerprint density at radius 3 is 1.56 bits per heavy atom. The van der Waals surface area contributed by atoms with E-state index >= 15 is 0 Å². The van der Waals surface area contributed by atoms with Crippen molar-refractivity contribution >= 4 is 0 Å². The van der Waals surface area contributed by atoms with Crippen LogP contribution in [0.4, 0.5) is 0 Å². The molecule has 4 aromatic rings. The molecule has 0 saturated carbocycles. The molecule has 0 spiro atoms. The summed E-state index contributed by atoms with van der Waals surface area (Å²) in [5.74, 6) is 2.52. The van der Waals surface area contributed by atoms with Crippen LogP contribution in [0.5, 0.6) is 0 Å². The second kappa shape index (κ2) is 15.3. The van der Waals surface area contributed by atoms with E-state index in [1.807, 2.05) is 12.4 Å². The minimum absolute atomic E-state index is 0.624. The van der Waals surface area contributed by atoms with Crippen molar-refractivity contribution in [3.05, 3.63) is 94.6 Å². The summed E-state index contributed by atoms with van der Waals surface area (Å²) >= 11 is 0. The lowest BCUT2D eigenvalue weighted by Gasteiger charge is -2.04. The normalized spacial score (nSPS) is 10.7. The fourth-order valence-electron chi connectivity index (χ4n) is 3.88. The van der Waals surface area contributed by atoms with Crippen molar-refractivity contribution in [1.29, 1.82) is 0 Å². The predicted molar refractivity (Wildman–Crippen MR) is 158 cm³/mol. The molecule has 0 aliphatic heterocycles. The Morgan fingerprint density at radius 1 is 0.694 bits per heavy atom. The zero-order chi connectivity index (χ0) is 27.4. The van der Waals surface area contributed by atoms with Crippen molar-refractivity contribution in [3.8, 4) is 0 Å². The summed E-state index contributed by atoms with van der Waals surface area (Å²) in [4.78, 5) is 9.69. The fourth-order valence-corrected chi connectivity index (χ4v) is 3.88. The molecular weight excluding hydrogens is 440 g/mol. The van der Waals surface area contributed by atoms with Crippen molar-refractivity contribution in [2.75, 3.05) is 0 Å². The van der Waals surface area contributed by atoms with E-state index < -0.39 is 0 Å². The summed E-state index contributed by atoms with van der Waals surface area (Å²) in [5, 5.41) is 0. The SMILES string of the molecule is CC(C)c1cccn1C.Cc1c[nH]c(C(C)C)c1.Cc1cc[nH]c1C(C)C.Cc1ccc(C(C)C)[nH]1. The number of aromatic amines is 3. The highest BCUT2D eigenvalue weighted by atomic mass is 14.9. The molecule has 0 radical (unpaired) electrons. The highest BCUT2D eigenvalue weighted by molar-refractivity contribution is 5.21. The van der Waals surface area contributed by atoms with E-state index in [0.29, 0.717) is 23.7 Å². The molecule has 4 nitrogen and oxygen atoms in total. The zero-order valence-electron chi connectivity index (χ0n) is 25.0. The van der Waals surface area contributed by atoms with E-state index in [-0.39, 0.29) is 0 Å². The van der Waals surface area contributed by atoms with Crippen molar-refractivity contribution < 1.29 is 0 Å². The quantitative estimate of drug-likeness (QED) is 0.254. The van der Waals surface area contributed by atoms with Gasteiger partial charge in [-0.2, -0.15) is 0 Å². The summed E-state index contributed by atoms with van der Waals surface area (Å²) in [7, 11) is 2.08. The summed E-state index contributed by atoms with van der Waals surface area (Å²) in [5.41, 5.74) is 9.34. The minimum Gasteiger partial charge on any atom is -0.365 e. The van der Waals surface area contributed by atoms with E-state index in [4.69, 9.17) is 0 Å². The highest BCUT2D eigenvalue weighted by Crippen LogP contribution is 2.16. The monoisotopic (exact) mass is 492 g/mol. The van der Waals surface area contributed by atoms with Gasteiger partial charge in [0.15, 0.2) is 0 Å². The molecule has 0 aliphatic carbocycles. The maximum atomic E-state index is 3.28. The summed E-state index contributed by atoms with van der Waals surface area (Å²) < 4.78 is 2.16. The number of hydrogen-bond donors (Lipinski definition) is 3. The molecule has 0 bridgehead atoms. The summed E-state index contributed by atoms with van der Waals surface area (Å²) in [6.45, 7) is 23.8. The first-order valence-corrected chi connectivity index (χ1v) is 13.4. The van der Waals surface area contributed by atoms with Crippen LogP contribution in [0.2, 0.25) is 0 Å². The van der Waals surface area contributed by atoms with Crippen LogP contribution in [0.1, 0.15) is 119 Å². The van der Waals surface area contributed by atoms with Gasteiger partial charge in [-0.1, -0.05) is 55.4 Å². The van der Waals surface area contributed by atoms with Gasteiger partial charge >= 0.3 is 0 Å². The molecule has 0 atom stereocenters. The number of aromatic nitrogens is 4. The molecule has 0 saturated heterocycles. The maximum absolute atomic E-state index is 3.28. The van der Waals surface area contributed by atoms with E-state index in [1.165, 1.54) is 39.6 Å². The van der Waals surface area contributed by atoms with Crippen LogP contribution in [-0.4, -0.2) is 19.5 Å². The van der Waals surface area contributed by atoms with Gasteiger partial charge in [0.25, 0.3) is 0 Å². The molecule has 4 heterocycles. The molecule has 4 heteroatoms. The molecule has 0 amide bonds. The second-order valence-corrected chi connectivity index (χ2v) is 11.0. The number of hydrogen-bond acceptors (Lipinski definition) is 0. The first kappa shape index (κ1) is 31.2. The smallest absolute Gasteiger partial charge is 0.0202 e. The van der Waals surface area contributed by atoms with Crippen LogP contribution < -0.4 is 0 Å². The maximum Gasteiger partial charge on any atom is 0.0202 e. The third-order valence-corrected chi connectivity index (χ3v) is 6.10. The minimum atomic E-state index is 0.624. The van der Waals surface area contributed by atoms with Gasteiger partial charge in [0.2, 0.25) is 0 Å². The molecule has 0 aromatic carbocycles. The first-order chi connectivity index (χ1) is 16.8. The van der Waals surface area contributed by atoms with Gasteiger partial charge in [-0.05, 0) is 92.0 Å². The lowest BCUT2D eigenvalue weighted by Crippen LogP contribution is -1.95. The Hall–Kier alpha value is -2.88. The summed E-state index contributed by atoms with van der Waals surface area (Å²) in [6.07, 6.45) is 6.11. The van der Waals surface area contributed by atoms with Crippen LogP contribution >= 0.6 is 0 Å². The van der Waals surface area contributed by atoms with Crippen LogP contribution in [-0.2, 0) is 7.05 Å². The van der Waals surface area contributed by atoms with Gasteiger partial charge in [0.05, 0.1) is 0 Å². The van der Waals surface area contributed by atoms with Gasteiger partial charge in [0.1, 0.15) is 0 Å². The molecule has 200 valence electrons. The topological polar surface area (TPSA) is 52.3 Å². The molecule has 0 aliphatic rings. The number of aryl methyl sites for hydroxylation is 4. The van der Waals surface area contributed by atoms with Crippen molar-refractivity contribution in [2.45, 2.75) is 99.8 Å². The van der Waals surface area contributed by atoms with Gasteiger partial charge < -0.3 is 19.5 Å². The second-order valence-electron chi connectivity index (χ2n) is 11.0. The number of rotatable bonds is 4. The largest absolute Gasteiger partial charge is 0.365 e. The Morgan fingerprint density at radius 2 is 1.33 bits per heavy atom. The average Bonchev–Trinajstić information content (AvgIpc) is 3.58. The summed E-state index contributed by atoms with van der Waals surface area (Å²) in [6, 6.07) is 12.8. The van der Waals surface area contributed by atoms with E-state index in [9.17, 15) is 0 Å². The molecule has 36 heavy (non-hydrogen) atoms. The Bertz CT molecular complexity index is 1010. The van der Waals surface area contributed by atoms with Crippen molar-refractivity contribution in [3.63, 3.8) is 0 Å². The van der Waals surface area contributed by atoms with Gasteiger partial charge in [-0.3, -0.25) is 0 Å². The lowest BCUT2D eigenvalue weighted by molar-refractivity contribution is 0.741. The molecule has 4 rings (SSSR count). The molecule has 4 aromatic heterocycles. The standard InChI is InChI=1S/4C8H13N/c1-6(2)8-4-7(3)5-9-8;1-7(2)8-5-4-6-9(8)3;1-6(2)8-7(3)4-5-9-8;1-6(2)8-5-4-7(3)9-8/h4-6,9H,1-3H3;4-7H,1-3H3;2*4-6,9H,1-3H3. The molecule has 0 fully saturated rings. The van der Waals surface area contributed by atoms with E-state index in [0.717, 1.165) is 0 Å². The van der Waals surface area contributed by atoms with Gasteiger partial charge in [-0.25, -0.2) is 0 Å². The molecular formula is C32H52N4. The van der Waals surface area contributed by atoms with E-state index in [2.05, 4.69) is 145 Å². The van der Waals surface area contributed by atoms with Crippen LogP contribution in [0.15, 0.2) is 55.0 Å². The third-order valence-electron chi connectivity index (χ3n) is 6.10. The third kappa shape index (κ3) is 10.8. The fraction of sp³-hybridized carbons (Fsp3) is 0.500. The van der Waals surface area contributed by atoms with Gasteiger partial charge in [-0.15, -0.1) is 0 Å². The van der Waals surface area contributed by atoms with E-state index in [1.54, 1.807) is 0 Å². The van der Waals surface area contributed by atoms with Crippen LogP contribution in [0.25, 0.3) is 0 Å². The van der Waals surface area contributed by atoms with Gasteiger partial charge in [0, 0.05) is 54.1 Å². The average molecular weight is 493 g/mol. The lowest BCUT2D eigenvalue weighted by atomic mass is 10.1.